The van der Waals surface area contributed by atoms with Crippen LogP contribution in [0.3, 0.4) is 0 Å². The van der Waals surface area contributed by atoms with Gasteiger partial charge in [0.15, 0.2) is 0 Å². The Hall–Kier alpha value is -1.10. The molecule has 4 heteroatoms. The Bertz CT molecular complexity index is 370. The van der Waals surface area contributed by atoms with Gasteiger partial charge in [0.1, 0.15) is 5.75 Å². The minimum atomic E-state index is 0.354. The Balaban J connectivity index is 1.87. The summed E-state index contributed by atoms with van der Waals surface area (Å²) in [5.41, 5.74) is 6.78. The van der Waals surface area contributed by atoms with E-state index in [4.69, 9.17) is 5.73 Å². The van der Waals surface area contributed by atoms with Gasteiger partial charge in [-0.3, -0.25) is 4.90 Å². The smallest absolute Gasteiger partial charge is 0.115 e. The van der Waals surface area contributed by atoms with Crippen molar-refractivity contribution in [1.29, 1.82) is 0 Å². The summed E-state index contributed by atoms with van der Waals surface area (Å²) in [5.74, 6) is 0.354. The molecule has 1 fully saturated rings. The molecular weight excluding hydrogens is 226 g/mol. The molecule has 1 aliphatic rings. The van der Waals surface area contributed by atoms with E-state index in [0.29, 0.717) is 5.75 Å². The van der Waals surface area contributed by atoms with Crippen LogP contribution in [0.25, 0.3) is 0 Å². The number of benzene rings is 1. The summed E-state index contributed by atoms with van der Waals surface area (Å²) in [6.07, 6.45) is 1.19. The van der Waals surface area contributed by atoms with Gasteiger partial charge in [-0.1, -0.05) is 12.1 Å². The average Bonchev–Trinajstić information content (AvgIpc) is 2.56. The van der Waals surface area contributed by atoms with Gasteiger partial charge in [-0.2, -0.15) is 0 Å². The van der Waals surface area contributed by atoms with Crippen LogP contribution in [0.4, 0.5) is 0 Å². The normalized spacial score (nSPS) is 18.7. The summed E-state index contributed by atoms with van der Waals surface area (Å²) in [5, 5.41) is 9.47. The van der Waals surface area contributed by atoms with Gasteiger partial charge < -0.3 is 15.7 Å². The van der Waals surface area contributed by atoms with Crippen molar-refractivity contribution >= 4 is 0 Å². The fourth-order valence-corrected chi connectivity index (χ4v) is 2.50. The number of nitrogens with zero attached hydrogens (tertiary/aromatic N) is 2. The fraction of sp³-hybridized carbons (Fsp3) is 0.571. The van der Waals surface area contributed by atoms with E-state index in [0.717, 1.165) is 45.8 Å². The molecule has 2 rings (SSSR count). The summed E-state index contributed by atoms with van der Waals surface area (Å²) < 4.78 is 0. The Labute approximate surface area is 109 Å². The minimum absolute atomic E-state index is 0.354. The first-order valence-electron chi connectivity index (χ1n) is 6.70. The van der Waals surface area contributed by atoms with E-state index in [9.17, 15) is 5.11 Å². The average molecular weight is 249 g/mol. The largest absolute Gasteiger partial charge is 0.508 e. The van der Waals surface area contributed by atoms with Crippen molar-refractivity contribution in [3.05, 3.63) is 29.8 Å². The van der Waals surface area contributed by atoms with Crippen molar-refractivity contribution in [1.82, 2.24) is 9.80 Å². The maximum atomic E-state index is 9.47. The van der Waals surface area contributed by atoms with Crippen molar-refractivity contribution in [2.75, 3.05) is 39.3 Å². The summed E-state index contributed by atoms with van der Waals surface area (Å²) in [6.45, 7) is 7.10. The van der Waals surface area contributed by atoms with Gasteiger partial charge in [0, 0.05) is 32.7 Å². The lowest BCUT2D eigenvalue weighted by atomic mass is 10.2. The van der Waals surface area contributed by atoms with Gasteiger partial charge in [-0.15, -0.1) is 0 Å². The highest BCUT2D eigenvalue weighted by Gasteiger charge is 2.14. The molecule has 0 atom stereocenters. The lowest BCUT2D eigenvalue weighted by Crippen LogP contribution is -2.33. The molecule has 0 aromatic heterocycles. The Morgan fingerprint density at radius 2 is 1.89 bits per heavy atom. The maximum Gasteiger partial charge on any atom is 0.115 e. The second kappa shape index (κ2) is 6.73. The molecule has 0 radical (unpaired) electrons. The second-order valence-electron chi connectivity index (χ2n) is 4.93. The third-order valence-electron chi connectivity index (χ3n) is 3.44. The Morgan fingerprint density at radius 3 is 2.67 bits per heavy atom. The van der Waals surface area contributed by atoms with Gasteiger partial charge >= 0.3 is 0 Å². The number of phenolic OH excluding ortho intramolecular Hbond substituents is 1. The summed E-state index contributed by atoms with van der Waals surface area (Å²) in [6, 6.07) is 7.54. The number of nitrogens with two attached hydrogens (primary N) is 1. The first kappa shape index (κ1) is 13.3. The molecule has 1 aliphatic heterocycles. The lowest BCUT2D eigenvalue weighted by molar-refractivity contribution is 0.254. The van der Waals surface area contributed by atoms with Crippen molar-refractivity contribution in [3.8, 4) is 5.75 Å². The molecule has 0 amide bonds. The number of rotatable bonds is 4. The summed E-state index contributed by atoms with van der Waals surface area (Å²) in [4.78, 5) is 4.88. The third kappa shape index (κ3) is 3.98. The molecule has 100 valence electrons. The van der Waals surface area contributed by atoms with E-state index in [1.807, 2.05) is 12.1 Å². The van der Waals surface area contributed by atoms with Crippen LogP contribution >= 0.6 is 0 Å². The van der Waals surface area contributed by atoms with E-state index in [-0.39, 0.29) is 0 Å². The van der Waals surface area contributed by atoms with Crippen molar-refractivity contribution in [3.63, 3.8) is 0 Å². The number of hydrogen-bond acceptors (Lipinski definition) is 4. The highest BCUT2D eigenvalue weighted by atomic mass is 16.3. The molecule has 3 N–H and O–H groups in total. The maximum absolute atomic E-state index is 9.47. The van der Waals surface area contributed by atoms with Crippen LogP contribution < -0.4 is 5.73 Å². The van der Waals surface area contributed by atoms with Crippen molar-refractivity contribution in [2.24, 2.45) is 5.73 Å². The van der Waals surface area contributed by atoms with Gasteiger partial charge in [0.25, 0.3) is 0 Å². The van der Waals surface area contributed by atoms with Gasteiger partial charge in [0.2, 0.25) is 0 Å². The molecule has 1 saturated heterocycles. The van der Waals surface area contributed by atoms with Crippen LogP contribution in [0.15, 0.2) is 24.3 Å². The second-order valence-corrected chi connectivity index (χ2v) is 4.93. The van der Waals surface area contributed by atoms with E-state index in [1.165, 1.54) is 12.0 Å². The topological polar surface area (TPSA) is 52.7 Å². The Morgan fingerprint density at radius 1 is 1.11 bits per heavy atom. The molecule has 0 bridgehead atoms. The van der Waals surface area contributed by atoms with Crippen LogP contribution in [-0.2, 0) is 6.54 Å². The Kier molecular flexibility index (Phi) is 4.99. The SMILES string of the molecule is NCCN1CCCN(Cc2cccc(O)c2)CC1. The third-order valence-corrected chi connectivity index (χ3v) is 3.44. The zero-order chi connectivity index (χ0) is 12.8. The zero-order valence-electron chi connectivity index (χ0n) is 10.9. The van der Waals surface area contributed by atoms with Crippen LogP contribution in [0.2, 0.25) is 0 Å². The quantitative estimate of drug-likeness (QED) is 0.831. The molecule has 4 nitrogen and oxygen atoms in total. The first-order chi connectivity index (χ1) is 8.78. The standard InChI is InChI=1S/C14H23N3O/c15-5-8-16-6-2-7-17(10-9-16)12-13-3-1-4-14(18)11-13/h1,3-4,11,18H,2,5-10,12,15H2. The molecule has 1 aromatic rings. The highest BCUT2D eigenvalue weighted by molar-refractivity contribution is 5.26. The monoisotopic (exact) mass is 249 g/mol. The molecule has 0 aliphatic carbocycles. The van der Waals surface area contributed by atoms with Crippen LogP contribution in [0, 0.1) is 0 Å². The predicted octanol–water partition coefficient (Wildman–Crippen LogP) is 0.859. The van der Waals surface area contributed by atoms with E-state index in [2.05, 4.69) is 15.9 Å². The first-order valence-corrected chi connectivity index (χ1v) is 6.70. The molecule has 0 spiro atoms. The van der Waals surface area contributed by atoms with E-state index in [1.54, 1.807) is 6.07 Å². The molecule has 1 heterocycles. The van der Waals surface area contributed by atoms with Crippen molar-refractivity contribution < 1.29 is 5.11 Å². The predicted molar refractivity (Wildman–Crippen MR) is 73.5 cm³/mol. The molecular formula is C14H23N3O. The number of hydrogen-bond donors (Lipinski definition) is 2. The highest BCUT2D eigenvalue weighted by Crippen LogP contribution is 2.14. The minimum Gasteiger partial charge on any atom is -0.508 e. The number of aromatic hydroxyl groups is 1. The fourth-order valence-electron chi connectivity index (χ4n) is 2.50. The van der Waals surface area contributed by atoms with Gasteiger partial charge in [-0.25, -0.2) is 0 Å². The van der Waals surface area contributed by atoms with E-state index < -0.39 is 0 Å². The number of phenols is 1. The van der Waals surface area contributed by atoms with Crippen LogP contribution in [0.5, 0.6) is 5.75 Å². The summed E-state index contributed by atoms with van der Waals surface area (Å²) in [7, 11) is 0. The molecule has 18 heavy (non-hydrogen) atoms. The van der Waals surface area contributed by atoms with E-state index >= 15 is 0 Å². The molecule has 1 aromatic carbocycles. The molecule has 0 saturated carbocycles. The zero-order valence-corrected chi connectivity index (χ0v) is 10.9. The van der Waals surface area contributed by atoms with Crippen LogP contribution in [0.1, 0.15) is 12.0 Å². The van der Waals surface area contributed by atoms with Gasteiger partial charge in [-0.05, 0) is 37.2 Å². The van der Waals surface area contributed by atoms with Crippen molar-refractivity contribution in [2.45, 2.75) is 13.0 Å². The molecule has 0 unspecified atom stereocenters. The summed E-state index contributed by atoms with van der Waals surface area (Å²) >= 11 is 0. The lowest BCUT2D eigenvalue weighted by Gasteiger charge is -2.21. The van der Waals surface area contributed by atoms with Gasteiger partial charge in [0.05, 0.1) is 0 Å². The van der Waals surface area contributed by atoms with Crippen LogP contribution in [-0.4, -0.2) is 54.2 Å².